The first kappa shape index (κ1) is 16.3. The number of rotatable bonds is 4. The minimum Gasteiger partial charge on any atom is -0.444 e. The van der Waals surface area contributed by atoms with Crippen LogP contribution in [0.3, 0.4) is 0 Å². The van der Waals surface area contributed by atoms with Gasteiger partial charge in [-0.05, 0) is 45.7 Å². The van der Waals surface area contributed by atoms with Crippen molar-refractivity contribution in [3.63, 3.8) is 0 Å². The molecular weight excluding hydrogens is 332 g/mol. The van der Waals surface area contributed by atoms with E-state index in [0.29, 0.717) is 6.04 Å². The molecule has 21 heavy (non-hydrogen) atoms. The Morgan fingerprint density at radius 2 is 2.00 bits per heavy atom. The highest BCUT2D eigenvalue weighted by Crippen LogP contribution is 2.28. The van der Waals surface area contributed by atoms with E-state index in [4.69, 9.17) is 4.74 Å². The minimum atomic E-state index is -0.454. The Labute approximate surface area is 134 Å². The highest BCUT2D eigenvalue weighted by atomic mass is 79.9. The standard InChI is InChI=1S/C16H23BrN2O2/c1-10(11-7-5-6-8-12(11)17)18-13-9-14(13)19-15(20)21-16(2,3)4/h5-8,10,13-14,18H,9H2,1-4H3,(H,19,20). The Kier molecular flexibility index (Phi) is 4.94. The van der Waals surface area contributed by atoms with Gasteiger partial charge in [-0.1, -0.05) is 34.1 Å². The second kappa shape index (κ2) is 6.36. The second-order valence-corrected chi connectivity index (χ2v) is 7.36. The molecule has 0 saturated heterocycles. The van der Waals surface area contributed by atoms with Crippen molar-refractivity contribution in [2.75, 3.05) is 0 Å². The summed E-state index contributed by atoms with van der Waals surface area (Å²) < 4.78 is 6.36. The Hall–Kier alpha value is -1.07. The molecule has 3 unspecified atom stereocenters. The summed E-state index contributed by atoms with van der Waals surface area (Å²) in [6, 6.07) is 8.86. The first-order chi connectivity index (χ1) is 9.76. The van der Waals surface area contributed by atoms with Crippen LogP contribution in [-0.2, 0) is 4.74 Å². The quantitative estimate of drug-likeness (QED) is 0.865. The predicted molar refractivity (Wildman–Crippen MR) is 87.3 cm³/mol. The highest BCUT2D eigenvalue weighted by molar-refractivity contribution is 9.10. The van der Waals surface area contributed by atoms with Crippen LogP contribution in [0.2, 0.25) is 0 Å². The van der Waals surface area contributed by atoms with Crippen molar-refractivity contribution in [2.45, 2.75) is 57.8 Å². The van der Waals surface area contributed by atoms with Gasteiger partial charge in [-0.15, -0.1) is 0 Å². The predicted octanol–water partition coefficient (Wildman–Crippen LogP) is 3.77. The number of hydrogen-bond donors (Lipinski definition) is 2. The van der Waals surface area contributed by atoms with Crippen molar-refractivity contribution in [2.24, 2.45) is 0 Å². The number of carbonyl (C=O) groups excluding carboxylic acids is 1. The summed E-state index contributed by atoms with van der Waals surface area (Å²) in [5, 5.41) is 6.43. The van der Waals surface area contributed by atoms with Crippen LogP contribution in [0.5, 0.6) is 0 Å². The van der Waals surface area contributed by atoms with Gasteiger partial charge in [0.2, 0.25) is 0 Å². The van der Waals surface area contributed by atoms with Gasteiger partial charge in [0.25, 0.3) is 0 Å². The largest absolute Gasteiger partial charge is 0.444 e. The van der Waals surface area contributed by atoms with Gasteiger partial charge < -0.3 is 15.4 Å². The maximum atomic E-state index is 11.7. The number of amides is 1. The molecular formula is C16H23BrN2O2. The van der Waals surface area contributed by atoms with Crippen molar-refractivity contribution >= 4 is 22.0 Å². The van der Waals surface area contributed by atoms with E-state index < -0.39 is 5.60 Å². The van der Waals surface area contributed by atoms with Gasteiger partial charge in [0.1, 0.15) is 5.60 Å². The van der Waals surface area contributed by atoms with Crippen molar-refractivity contribution in [3.05, 3.63) is 34.3 Å². The molecule has 4 nitrogen and oxygen atoms in total. The fourth-order valence-corrected chi connectivity index (χ4v) is 2.86. The molecule has 1 aromatic carbocycles. The van der Waals surface area contributed by atoms with Crippen molar-refractivity contribution in [1.82, 2.24) is 10.6 Å². The molecule has 0 aromatic heterocycles. The average Bonchev–Trinajstić information content (AvgIpc) is 3.04. The van der Waals surface area contributed by atoms with Crippen LogP contribution < -0.4 is 10.6 Å². The topological polar surface area (TPSA) is 50.4 Å². The van der Waals surface area contributed by atoms with Gasteiger partial charge in [-0.25, -0.2) is 4.79 Å². The molecule has 1 saturated carbocycles. The number of nitrogens with one attached hydrogen (secondary N) is 2. The maximum Gasteiger partial charge on any atom is 0.407 e. The monoisotopic (exact) mass is 354 g/mol. The number of carbonyl (C=O) groups is 1. The molecule has 0 bridgehead atoms. The average molecular weight is 355 g/mol. The molecule has 3 atom stereocenters. The Morgan fingerprint density at radius 1 is 1.33 bits per heavy atom. The van der Waals surface area contributed by atoms with E-state index in [-0.39, 0.29) is 18.2 Å². The Balaban J connectivity index is 1.80. The number of halogens is 1. The van der Waals surface area contributed by atoms with Gasteiger partial charge >= 0.3 is 6.09 Å². The number of benzene rings is 1. The molecule has 0 spiro atoms. The lowest BCUT2D eigenvalue weighted by Crippen LogP contribution is -2.37. The summed E-state index contributed by atoms with van der Waals surface area (Å²) in [4.78, 5) is 11.7. The summed E-state index contributed by atoms with van der Waals surface area (Å²) in [5.41, 5.74) is 0.768. The van der Waals surface area contributed by atoms with Crippen LogP contribution >= 0.6 is 15.9 Å². The molecule has 1 amide bonds. The van der Waals surface area contributed by atoms with Crippen LogP contribution in [0.1, 0.15) is 45.7 Å². The van der Waals surface area contributed by atoms with Crippen molar-refractivity contribution < 1.29 is 9.53 Å². The van der Waals surface area contributed by atoms with E-state index in [1.165, 1.54) is 5.56 Å². The zero-order chi connectivity index (χ0) is 15.6. The second-order valence-electron chi connectivity index (χ2n) is 6.50. The zero-order valence-electron chi connectivity index (χ0n) is 12.9. The van der Waals surface area contributed by atoms with Crippen LogP contribution in [0.25, 0.3) is 0 Å². The first-order valence-corrected chi connectivity index (χ1v) is 8.05. The first-order valence-electron chi connectivity index (χ1n) is 7.26. The molecule has 116 valence electrons. The van der Waals surface area contributed by atoms with Gasteiger partial charge in [0.05, 0.1) is 0 Å². The third-order valence-electron chi connectivity index (χ3n) is 3.33. The van der Waals surface area contributed by atoms with E-state index in [1.54, 1.807) is 0 Å². The van der Waals surface area contributed by atoms with E-state index >= 15 is 0 Å². The van der Waals surface area contributed by atoms with Crippen LogP contribution in [0.15, 0.2) is 28.7 Å². The molecule has 0 aliphatic heterocycles. The van der Waals surface area contributed by atoms with E-state index in [1.807, 2.05) is 39.0 Å². The summed E-state index contributed by atoms with van der Waals surface area (Å²) in [7, 11) is 0. The van der Waals surface area contributed by atoms with Gasteiger partial charge in [0, 0.05) is 22.6 Å². The minimum absolute atomic E-state index is 0.157. The lowest BCUT2D eigenvalue weighted by molar-refractivity contribution is 0.0522. The van der Waals surface area contributed by atoms with Crippen LogP contribution in [-0.4, -0.2) is 23.8 Å². The number of hydrogen-bond acceptors (Lipinski definition) is 3. The Morgan fingerprint density at radius 3 is 2.62 bits per heavy atom. The lowest BCUT2D eigenvalue weighted by Gasteiger charge is -2.20. The fraction of sp³-hybridized carbons (Fsp3) is 0.562. The maximum absolute atomic E-state index is 11.7. The summed E-state index contributed by atoms with van der Waals surface area (Å²) in [6.45, 7) is 7.72. The van der Waals surface area contributed by atoms with E-state index in [2.05, 4.69) is 39.6 Å². The highest BCUT2D eigenvalue weighted by Gasteiger charge is 2.40. The molecule has 1 aliphatic rings. The SMILES string of the molecule is CC(NC1CC1NC(=O)OC(C)(C)C)c1ccccc1Br. The number of alkyl carbamates (subject to hydrolysis) is 1. The van der Waals surface area contributed by atoms with Crippen LogP contribution in [0, 0.1) is 0 Å². The molecule has 1 aromatic rings. The fourth-order valence-electron chi connectivity index (χ4n) is 2.23. The van der Waals surface area contributed by atoms with Gasteiger partial charge in [-0.2, -0.15) is 0 Å². The zero-order valence-corrected chi connectivity index (χ0v) is 14.5. The van der Waals surface area contributed by atoms with Crippen molar-refractivity contribution in [1.29, 1.82) is 0 Å². The van der Waals surface area contributed by atoms with E-state index in [0.717, 1.165) is 10.9 Å². The molecule has 2 N–H and O–H groups in total. The van der Waals surface area contributed by atoms with Crippen LogP contribution in [0.4, 0.5) is 4.79 Å². The molecule has 1 fully saturated rings. The van der Waals surface area contributed by atoms with Crippen molar-refractivity contribution in [3.8, 4) is 0 Å². The van der Waals surface area contributed by atoms with Gasteiger partial charge in [-0.3, -0.25) is 0 Å². The smallest absolute Gasteiger partial charge is 0.407 e. The molecule has 2 rings (SSSR count). The third-order valence-corrected chi connectivity index (χ3v) is 4.05. The third kappa shape index (κ3) is 5.00. The molecule has 1 aliphatic carbocycles. The normalized spacial score (nSPS) is 22.5. The lowest BCUT2D eigenvalue weighted by atomic mass is 10.1. The summed E-state index contributed by atoms with van der Waals surface area (Å²) in [6.07, 6.45) is 0.596. The molecule has 0 radical (unpaired) electrons. The van der Waals surface area contributed by atoms with Gasteiger partial charge in [0.15, 0.2) is 0 Å². The molecule has 0 heterocycles. The summed E-state index contributed by atoms with van der Waals surface area (Å²) >= 11 is 3.57. The molecule has 5 heteroatoms. The Bertz CT molecular complexity index is 513. The summed E-state index contributed by atoms with van der Waals surface area (Å²) in [5.74, 6) is 0. The number of ether oxygens (including phenoxy) is 1. The van der Waals surface area contributed by atoms with E-state index in [9.17, 15) is 4.79 Å².